The van der Waals surface area contributed by atoms with Crippen LogP contribution in [0.2, 0.25) is 0 Å². The number of halogens is 5. The molecule has 1 fully saturated rings. The predicted molar refractivity (Wildman–Crippen MR) is 92.5 cm³/mol. The quantitative estimate of drug-likeness (QED) is 0.579. The van der Waals surface area contributed by atoms with Crippen molar-refractivity contribution in [2.45, 2.75) is 18.7 Å². The molecule has 30 heavy (non-hydrogen) atoms. The first-order valence-electron chi connectivity index (χ1n) is 8.65. The van der Waals surface area contributed by atoms with E-state index in [-0.39, 0.29) is 30.4 Å². The van der Waals surface area contributed by atoms with Crippen molar-refractivity contribution in [1.29, 1.82) is 0 Å². The summed E-state index contributed by atoms with van der Waals surface area (Å²) in [6.45, 7) is 0.0131. The number of carbonyl (C=O) groups excluding carboxylic acids is 1. The maximum atomic E-state index is 14.0. The maximum Gasteiger partial charge on any atom is 0.573 e. The third-order valence-corrected chi connectivity index (χ3v) is 4.46. The van der Waals surface area contributed by atoms with Gasteiger partial charge in [0.2, 0.25) is 17.6 Å². The summed E-state index contributed by atoms with van der Waals surface area (Å²) >= 11 is 0. The van der Waals surface area contributed by atoms with E-state index >= 15 is 0 Å². The van der Waals surface area contributed by atoms with E-state index in [0.29, 0.717) is 5.56 Å². The molecule has 4 rings (SSSR count). The lowest BCUT2D eigenvalue weighted by Gasteiger charge is -2.16. The monoisotopic (exact) mass is 425 g/mol. The van der Waals surface area contributed by atoms with Gasteiger partial charge in [0.25, 0.3) is 0 Å². The molecule has 0 saturated carbocycles. The van der Waals surface area contributed by atoms with Crippen LogP contribution in [0.5, 0.6) is 5.75 Å². The van der Waals surface area contributed by atoms with Gasteiger partial charge in [-0.1, -0.05) is 5.16 Å². The fraction of sp³-hybridized carbons (Fsp3) is 0.211. The second-order valence-corrected chi connectivity index (χ2v) is 6.53. The first kappa shape index (κ1) is 19.8. The molecule has 0 N–H and O–H groups in total. The van der Waals surface area contributed by atoms with Gasteiger partial charge in [0.1, 0.15) is 17.4 Å². The van der Waals surface area contributed by atoms with Gasteiger partial charge in [-0.05, 0) is 36.4 Å². The molecule has 1 saturated heterocycles. The summed E-state index contributed by atoms with van der Waals surface area (Å²) in [6, 6.07) is 7.67. The lowest BCUT2D eigenvalue weighted by Crippen LogP contribution is -2.25. The van der Waals surface area contributed by atoms with E-state index < -0.39 is 35.6 Å². The van der Waals surface area contributed by atoms with Crippen LogP contribution in [0.1, 0.15) is 18.2 Å². The molecule has 2 aromatic carbocycles. The minimum absolute atomic E-state index is 0.0131. The molecule has 2 heterocycles. The van der Waals surface area contributed by atoms with Crippen LogP contribution in [0.3, 0.4) is 0 Å². The van der Waals surface area contributed by atoms with E-state index in [2.05, 4.69) is 14.9 Å². The van der Waals surface area contributed by atoms with Crippen molar-refractivity contribution in [3.8, 4) is 17.1 Å². The van der Waals surface area contributed by atoms with Crippen molar-refractivity contribution >= 4 is 11.6 Å². The first-order valence-corrected chi connectivity index (χ1v) is 8.65. The molecular weight excluding hydrogens is 413 g/mol. The molecule has 1 atom stereocenters. The number of anilines is 1. The summed E-state index contributed by atoms with van der Waals surface area (Å²) in [6.07, 6.45) is -4.85. The Kier molecular flexibility index (Phi) is 4.88. The van der Waals surface area contributed by atoms with Gasteiger partial charge in [-0.15, -0.1) is 13.2 Å². The predicted octanol–water partition coefficient (Wildman–Crippen LogP) is 4.43. The van der Waals surface area contributed by atoms with Crippen molar-refractivity contribution in [2.75, 3.05) is 11.4 Å². The Labute approximate surface area is 165 Å². The standard InChI is InChI=1S/C19H12F5N3O3/c20-12-3-6-14(21)15(8-12)27-9-11(7-16(27)28)18-25-17(26-30-18)10-1-4-13(5-2-10)29-19(22,23)24/h1-6,8,11H,7,9H2. The number of hydrogen-bond acceptors (Lipinski definition) is 5. The highest BCUT2D eigenvalue weighted by atomic mass is 19.4. The molecular formula is C19H12F5N3O3. The molecule has 3 aromatic rings. The van der Waals surface area contributed by atoms with Crippen LogP contribution in [-0.2, 0) is 4.79 Å². The van der Waals surface area contributed by atoms with E-state index in [4.69, 9.17) is 4.52 Å². The zero-order valence-corrected chi connectivity index (χ0v) is 15.0. The maximum absolute atomic E-state index is 14.0. The van der Waals surface area contributed by atoms with Crippen LogP contribution < -0.4 is 9.64 Å². The molecule has 1 aliphatic rings. The average molecular weight is 425 g/mol. The lowest BCUT2D eigenvalue weighted by molar-refractivity contribution is -0.274. The number of nitrogens with zero attached hydrogens (tertiary/aromatic N) is 3. The summed E-state index contributed by atoms with van der Waals surface area (Å²) in [5, 5.41) is 3.78. The van der Waals surface area contributed by atoms with Gasteiger partial charge in [0, 0.05) is 24.6 Å². The number of hydrogen-bond donors (Lipinski definition) is 0. The van der Waals surface area contributed by atoms with Crippen molar-refractivity contribution < 1.29 is 36.0 Å². The van der Waals surface area contributed by atoms with E-state index in [1.165, 1.54) is 12.1 Å². The fourth-order valence-electron chi connectivity index (χ4n) is 3.12. The van der Waals surface area contributed by atoms with Crippen LogP contribution in [0, 0.1) is 11.6 Å². The van der Waals surface area contributed by atoms with Crippen LogP contribution in [0.15, 0.2) is 47.0 Å². The van der Waals surface area contributed by atoms with Gasteiger partial charge in [0.05, 0.1) is 11.6 Å². The average Bonchev–Trinajstić information content (AvgIpc) is 3.30. The van der Waals surface area contributed by atoms with Crippen molar-refractivity contribution in [3.63, 3.8) is 0 Å². The highest BCUT2D eigenvalue weighted by Crippen LogP contribution is 2.34. The Hall–Kier alpha value is -3.50. The topological polar surface area (TPSA) is 68.5 Å². The van der Waals surface area contributed by atoms with Gasteiger partial charge in [0.15, 0.2) is 0 Å². The van der Waals surface area contributed by atoms with Gasteiger partial charge < -0.3 is 14.2 Å². The summed E-state index contributed by atoms with van der Waals surface area (Å²) in [7, 11) is 0. The fourth-order valence-corrected chi connectivity index (χ4v) is 3.12. The Morgan fingerprint density at radius 3 is 2.53 bits per heavy atom. The van der Waals surface area contributed by atoms with Crippen molar-refractivity contribution in [3.05, 3.63) is 60.0 Å². The van der Waals surface area contributed by atoms with Gasteiger partial charge in [-0.2, -0.15) is 4.98 Å². The molecule has 0 spiro atoms. The molecule has 1 unspecified atom stereocenters. The summed E-state index contributed by atoms with van der Waals surface area (Å²) in [5.41, 5.74) is 0.194. The Balaban J connectivity index is 1.50. The zero-order chi connectivity index (χ0) is 21.5. The highest BCUT2D eigenvalue weighted by Gasteiger charge is 2.36. The molecule has 0 aliphatic carbocycles. The van der Waals surface area contributed by atoms with Crippen LogP contribution in [0.4, 0.5) is 27.6 Å². The number of rotatable bonds is 4. The Morgan fingerprint density at radius 1 is 1.10 bits per heavy atom. The summed E-state index contributed by atoms with van der Waals surface area (Å²) in [4.78, 5) is 17.6. The van der Waals surface area contributed by atoms with E-state index in [1.54, 1.807) is 0 Å². The zero-order valence-electron chi connectivity index (χ0n) is 15.0. The molecule has 156 valence electrons. The first-order chi connectivity index (χ1) is 14.2. The third-order valence-electron chi connectivity index (χ3n) is 4.46. The minimum atomic E-state index is -4.80. The number of aromatic nitrogens is 2. The molecule has 1 aliphatic heterocycles. The van der Waals surface area contributed by atoms with Crippen molar-refractivity contribution in [1.82, 2.24) is 10.1 Å². The molecule has 0 bridgehead atoms. The Bertz CT molecular complexity index is 1080. The number of amides is 1. The van der Waals surface area contributed by atoms with Crippen LogP contribution in [-0.4, -0.2) is 29.0 Å². The normalized spacial score (nSPS) is 16.9. The number of ether oxygens (including phenoxy) is 1. The second kappa shape index (κ2) is 7.39. The number of alkyl halides is 3. The lowest BCUT2D eigenvalue weighted by atomic mass is 10.1. The molecule has 6 nitrogen and oxygen atoms in total. The molecule has 1 amide bonds. The highest BCUT2D eigenvalue weighted by molar-refractivity contribution is 5.96. The van der Waals surface area contributed by atoms with E-state index in [9.17, 15) is 26.7 Å². The van der Waals surface area contributed by atoms with Crippen molar-refractivity contribution in [2.24, 2.45) is 0 Å². The smallest absolute Gasteiger partial charge is 0.406 e. The molecule has 0 radical (unpaired) electrons. The number of carbonyl (C=O) groups is 1. The molecule has 1 aromatic heterocycles. The third kappa shape index (κ3) is 4.09. The van der Waals surface area contributed by atoms with Crippen LogP contribution >= 0.6 is 0 Å². The van der Waals surface area contributed by atoms with Gasteiger partial charge in [-0.25, -0.2) is 8.78 Å². The molecule has 11 heteroatoms. The summed E-state index contributed by atoms with van der Waals surface area (Å²) < 4.78 is 73.1. The SMILES string of the molecule is O=C1CC(c2nc(-c3ccc(OC(F)(F)F)cc3)no2)CN1c1cc(F)ccc1F. The summed E-state index contributed by atoms with van der Waals surface area (Å²) in [5.74, 6) is -2.59. The van der Waals surface area contributed by atoms with Crippen LogP contribution in [0.25, 0.3) is 11.4 Å². The second-order valence-electron chi connectivity index (χ2n) is 6.53. The van der Waals surface area contributed by atoms with Gasteiger partial charge in [-0.3, -0.25) is 4.79 Å². The Morgan fingerprint density at radius 2 is 1.83 bits per heavy atom. The minimum Gasteiger partial charge on any atom is -0.406 e. The van der Waals surface area contributed by atoms with E-state index in [1.807, 2.05) is 0 Å². The number of benzene rings is 2. The largest absolute Gasteiger partial charge is 0.573 e. The van der Waals surface area contributed by atoms with E-state index in [0.717, 1.165) is 35.2 Å². The van der Waals surface area contributed by atoms with Gasteiger partial charge >= 0.3 is 6.36 Å².